The van der Waals surface area contributed by atoms with Crippen LogP contribution in [0.3, 0.4) is 0 Å². The Balaban J connectivity index is 1.42. The van der Waals surface area contributed by atoms with E-state index in [9.17, 15) is 4.79 Å². The van der Waals surface area contributed by atoms with Crippen LogP contribution in [-0.2, 0) is 5.75 Å². The van der Waals surface area contributed by atoms with Gasteiger partial charge in [-0.25, -0.2) is 4.68 Å². The fraction of sp³-hybridized carbons (Fsp3) is 0.200. The van der Waals surface area contributed by atoms with Crippen LogP contribution in [0.25, 0.3) is 5.69 Å². The van der Waals surface area contributed by atoms with Crippen molar-refractivity contribution in [3.05, 3.63) is 57.0 Å². The topological polar surface area (TPSA) is 72.7 Å². The van der Waals surface area contributed by atoms with E-state index in [0.29, 0.717) is 12.1 Å². The smallest absolute Gasteiger partial charge is 0.251 e. The van der Waals surface area contributed by atoms with E-state index in [0.717, 1.165) is 21.0 Å². The Kier molecular flexibility index (Phi) is 6.00. The van der Waals surface area contributed by atoms with Gasteiger partial charge in [-0.3, -0.25) is 4.79 Å². The average molecular weight is 424 g/mol. The zero-order valence-electron chi connectivity index (χ0n) is 12.6. The first-order valence-electron chi connectivity index (χ1n) is 7.16. The Morgan fingerprint density at radius 2 is 2.08 bits per heavy atom. The maximum absolute atomic E-state index is 12.1. The summed E-state index contributed by atoms with van der Waals surface area (Å²) in [5.74, 6) is 1.77. The van der Waals surface area contributed by atoms with Crippen molar-refractivity contribution < 1.29 is 4.79 Å². The van der Waals surface area contributed by atoms with Gasteiger partial charge in [-0.2, -0.15) is 11.8 Å². The molecule has 0 bridgehead atoms. The lowest BCUT2D eigenvalue weighted by Gasteiger charge is -2.06. The van der Waals surface area contributed by atoms with Gasteiger partial charge in [0, 0.05) is 28.5 Å². The molecule has 24 heavy (non-hydrogen) atoms. The van der Waals surface area contributed by atoms with Crippen molar-refractivity contribution >= 4 is 44.9 Å². The second-order valence-corrected chi connectivity index (χ2v) is 8.47. The molecule has 124 valence electrons. The molecule has 0 saturated heterocycles. The second kappa shape index (κ2) is 8.41. The van der Waals surface area contributed by atoms with E-state index < -0.39 is 0 Å². The standard InChI is InChI=1S/C15H14BrN5OS2/c16-14-6-5-13(24-14)9-23-8-7-17-15(22)11-1-3-12(4-2-11)21-10-18-19-20-21/h1-6,10H,7-9H2,(H,17,22). The molecule has 0 spiro atoms. The molecule has 2 aromatic heterocycles. The SMILES string of the molecule is O=C(NCCSCc1ccc(Br)s1)c1ccc(-n2cnnn2)cc1. The molecule has 0 atom stereocenters. The second-order valence-electron chi connectivity index (χ2n) is 4.82. The van der Waals surface area contributed by atoms with Gasteiger partial charge in [-0.15, -0.1) is 16.4 Å². The number of nitrogens with one attached hydrogen (secondary N) is 1. The summed E-state index contributed by atoms with van der Waals surface area (Å²) in [6, 6.07) is 11.3. The molecule has 0 saturated carbocycles. The number of carbonyl (C=O) groups excluding carboxylic acids is 1. The first-order valence-corrected chi connectivity index (χ1v) is 9.92. The number of benzene rings is 1. The number of aromatic nitrogens is 4. The van der Waals surface area contributed by atoms with Crippen molar-refractivity contribution in [3.63, 3.8) is 0 Å². The van der Waals surface area contributed by atoms with Gasteiger partial charge >= 0.3 is 0 Å². The zero-order valence-corrected chi connectivity index (χ0v) is 15.8. The highest BCUT2D eigenvalue weighted by atomic mass is 79.9. The Hall–Kier alpha value is -1.71. The highest BCUT2D eigenvalue weighted by Crippen LogP contribution is 2.25. The lowest BCUT2D eigenvalue weighted by atomic mass is 10.2. The molecule has 3 rings (SSSR count). The third-order valence-corrected chi connectivity index (χ3v) is 5.96. The molecule has 3 aromatic rings. The van der Waals surface area contributed by atoms with Crippen LogP contribution in [0.15, 0.2) is 46.5 Å². The maximum Gasteiger partial charge on any atom is 0.251 e. The predicted molar refractivity (Wildman–Crippen MR) is 99.7 cm³/mol. The third-order valence-electron chi connectivity index (χ3n) is 3.15. The number of halogens is 1. The minimum absolute atomic E-state index is 0.0715. The van der Waals surface area contributed by atoms with Gasteiger partial charge in [0.25, 0.3) is 5.91 Å². The number of thiophene rings is 1. The van der Waals surface area contributed by atoms with Gasteiger partial charge in [0.15, 0.2) is 0 Å². The van der Waals surface area contributed by atoms with Crippen LogP contribution >= 0.6 is 39.0 Å². The molecule has 0 aliphatic heterocycles. The minimum atomic E-state index is -0.0715. The fourth-order valence-corrected chi connectivity index (χ4v) is 4.44. The molecule has 0 unspecified atom stereocenters. The lowest BCUT2D eigenvalue weighted by molar-refractivity contribution is 0.0956. The van der Waals surface area contributed by atoms with Crippen molar-refractivity contribution in [1.82, 2.24) is 25.5 Å². The van der Waals surface area contributed by atoms with Gasteiger partial charge < -0.3 is 5.32 Å². The summed E-state index contributed by atoms with van der Waals surface area (Å²) < 4.78 is 2.69. The van der Waals surface area contributed by atoms with Crippen LogP contribution in [0.2, 0.25) is 0 Å². The van der Waals surface area contributed by atoms with E-state index in [1.807, 2.05) is 12.1 Å². The van der Waals surface area contributed by atoms with Gasteiger partial charge in [0.2, 0.25) is 0 Å². The number of nitrogens with zero attached hydrogens (tertiary/aromatic N) is 4. The number of amides is 1. The Morgan fingerprint density at radius 3 is 2.75 bits per heavy atom. The molecule has 1 amide bonds. The number of thioether (sulfide) groups is 1. The first-order chi connectivity index (χ1) is 11.7. The molecule has 0 fully saturated rings. The first kappa shape index (κ1) is 17.1. The summed E-state index contributed by atoms with van der Waals surface area (Å²) in [7, 11) is 0. The van der Waals surface area contributed by atoms with Crippen molar-refractivity contribution in [2.75, 3.05) is 12.3 Å². The molecule has 1 N–H and O–H groups in total. The minimum Gasteiger partial charge on any atom is -0.351 e. The van der Waals surface area contributed by atoms with Crippen molar-refractivity contribution in [2.24, 2.45) is 0 Å². The summed E-state index contributed by atoms with van der Waals surface area (Å²) in [5, 5.41) is 13.9. The number of tetrazole rings is 1. The molecule has 9 heteroatoms. The molecule has 1 aromatic carbocycles. The van der Waals surface area contributed by atoms with E-state index in [1.54, 1.807) is 39.9 Å². The largest absolute Gasteiger partial charge is 0.351 e. The third kappa shape index (κ3) is 4.65. The molecule has 2 heterocycles. The Morgan fingerprint density at radius 1 is 1.25 bits per heavy atom. The van der Waals surface area contributed by atoms with E-state index in [-0.39, 0.29) is 5.91 Å². The number of carbonyl (C=O) groups is 1. The summed E-state index contributed by atoms with van der Waals surface area (Å²) >= 11 is 7.01. The molecule has 0 aliphatic carbocycles. The van der Waals surface area contributed by atoms with Crippen LogP contribution in [0.4, 0.5) is 0 Å². The Bertz CT molecular complexity index is 789. The molecule has 6 nitrogen and oxygen atoms in total. The van der Waals surface area contributed by atoms with E-state index >= 15 is 0 Å². The van der Waals surface area contributed by atoms with Gasteiger partial charge in [0.1, 0.15) is 6.33 Å². The summed E-state index contributed by atoms with van der Waals surface area (Å²) in [6.07, 6.45) is 1.51. The van der Waals surface area contributed by atoms with E-state index in [2.05, 4.69) is 48.9 Å². The van der Waals surface area contributed by atoms with Crippen molar-refractivity contribution in [3.8, 4) is 5.69 Å². The molecule has 0 aliphatic rings. The van der Waals surface area contributed by atoms with Crippen molar-refractivity contribution in [2.45, 2.75) is 5.75 Å². The monoisotopic (exact) mass is 423 g/mol. The van der Waals surface area contributed by atoms with E-state index in [4.69, 9.17) is 0 Å². The van der Waals surface area contributed by atoms with Gasteiger partial charge in [-0.05, 0) is 62.8 Å². The van der Waals surface area contributed by atoms with Crippen LogP contribution < -0.4 is 5.32 Å². The summed E-state index contributed by atoms with van der Waals surface area (Å²) in [4.78, 5) is 13.4. The summed E-state index contributed by atoms with van der Waals surface area (Å²) in [5.41, 5.74) is 1.44. The normalized spacial score (nSPS) is 10.7. The number of hydrogen-bond donors (Lipinski definition) is 1. The van der Waals surface area contributed by atoms with E-state index in [1.165, 1.54) is 11.2 Å². The number of rotatable bonds is 7. The molecular weight excluding hydrogens is 410 g/mol. The number of hydrogen-bond acceptors (Lipinski definition) is 6. The summed E-state index contributed by atoms with van der Waals surface area (Å²) in [6.45, 7) is 0.644. The highest BCUT2D eigenvalue weighted by Gasteiger charge is 2.06. The van der Waals surface area contributed by atoms with Crippen LogP contribution in [0.1, 0.15) is 15.2 Å². The van der Waals surface area contributed by atoms with Crippen LogP contribution in [0.5, 0.6) is 0 Å². The quantitative estimate of drug-likeness (QED) is 0.590. The zero-order chi connectivity index (χ0) is 16.8. The fourth-order valence-electron chi connectivity index (χ4n) is 1.99. The molecule has 0 radical (unpaired) electrons. The molecular formula is C15H14BrN5OS2. The predicted octanol–water partition coefficient (Wildman–Crippen LogP) is 3.15. The maximum atomic E-state index is 12.1. The van der Waals surface area contributed by atoms with Crippen molar-refractivity contribution in [1.29, 1.82) is 0 Å². The average Bonchev–Trinajstić information content (AvgIpc) is 3.26. The highest BCUT2D eigenvalue weighted by molar-refractivity contribution is 9.11. The van der Waals surface area contributed by atoms with Gasteiger partial charge in [0.05, 0.1) is 9.47 Å². The van der Waals surface area contributed by atoms with Crippen LogP contribution in [-0.4, -0.2) is 38.4 Å². The van der Waals surface area contributed by atoms with Crippen LogP contribution in [0, 0.1) is 0 Å². The van der Waals surface area contributed by atoms with Gasteiger partial charge in [-0.1, -0.05) is 0 Å². The Labute approximate surface area is 155 Å². The lowest BCUT2D eigenvalue weighted by Crippen LogP contribution is -2.25.